The van der Waals surface area contributed by atoms with E-state index in [1.165, 1.54) is 6.42 Å². The summed E-state index contributed by atoms with van der Waals surface area (Å²) in [5, 5.41) is 6.23. The zero-order valence-electron chi connectivity index (χ0n) is 11.2. The Morgan fingerprint density at radius 1 is 1.33 bits per heavy atom. The van der Waals surface area contributed by atoms with Crippen molar-refractivity contribution in [2.24, 2.45) is 5.41 Å². The summed E-state index contributed by atoms with van der Waals surface area (Å²) in [6, 6.07) is 10.2. The molecule has 0 bridgehead atoms. The second kappa shape index (κ2) is 5.42. The number of para-hydroxylation sites is 1. The third-order valence-electron chi connectivity index (χ3n) is 3.56. The highest BCUT2D eigenvalue weighted by molar-refractivity contribution is 5.80. The van der Waals surface area contributed by atoms with Crippen LogP contribution in [0.15, 0.2) is 30.3 Å². The molecule has 1 unspecified atom stereocenters. The van der Waals surface area contributed by atoms with Crippen molar-refractivity contribution in [2.75, 3.05) is 11.9 Å². The molecule has 1 atom stereocenters. The van der Waals surface area contributed by atoms with Crippen molar-refractivity contribution >= 4 is 11.6 Å². The highest BCUT2D eigenvalue weighted by Crippen LogP contribution is 2.36. The summed E-state index contributed by atoms with van der Waals surface area (Å²) in [5.41, 5.74) is 1.37. The first-order valence-corrected chi connectivity index (χ1v) is 6.63. The van der Waals surface area contributed by atoms with Gasteiger partial charge in [0.25, 0.3) is 0 Å². The molecule has 2 rings (SSSR count). The Balaban J connectivity index is 1.73. The SMILES string of the molecule is CC1(C)CCC(NC(=O)CNc2ccccc2)C1. The summed E-state index contributed by atoms with van der Waals surface area (Å²) < 4.78 is 0. The van der Waals surface area contributed by atoms with E-state index < -0.39 is 0 Å². The molecule has 98 valence electrons. The first kappa shape index (κ1) is 12.9. The van der Waals surface area contributed by atoms with Gasteiger partial charge in [-0.15, -0.1) is 0 Å². The summed E-state index contributed by atoms with van der Waals surface area (Å²) in [6.07, 6.45) is 3.39. The van der Waals surface area contributed by atoms with Gasteiger partial charge in [-0.25, -0.2) is 0 Å². The number of benzene rings is 1. The van der Waals surface area contributed by atoms with Gasteiger partial charge in [0.05, 0.1) is 6.54 Å². The van der Waals surface area contributed by atoms with E-state index in [1.807, 2.05) is 30.3 Å². The predicted octanol–water partition coefficient (Wildman–Crippen LogP) is 2.79. The number of amides is 1. The zero-order valence-corrected chi connectivity index (χ0v) is 11.2. The first-order chi connectivity index (χ1) is 8.55. The van der Waals surface area contributed by atoms with Crippen molar-refractivity contribution in [3.8, 4) is 0 Å². The molecule has 0 aromatic heterocycles. The smallest absolute Gasteiger partial charge is 0.239 e. The fourth-order valence-corrected chi connectivity index (χ4v) is 2.58. The topological polar surface area (TPSA) is 41.1 Å². The number of nitrogens with one attached hydrogen (secondary N) is 2. The third-order valence-corrected chi connectivity index (χ3v) is 3.56. The number of anilines is 1. The Morgan fingerprint density at radius 3 is 2.67 bits per heavy atom. The molecule has 0 spiro atoms. The van der Waals surface area contributed by atoms with Gasteiger partial charge in [0.15, 0.2) is 0 Å². The molecule has 18 heavy (non-hydrogen) atoms. The van der Waals surface area contributed by atoms with Crippen LogP contribution in [0.3, 0.4) is 0 Å². The van der Waals surface area contributed by atoms with Gasteiger partial charge in [0.1, 0.15) is 0 Å². The molecule has 1 saturated carbocycles. The minimum absolute atomic E-state index is 0.0848. The Kier molecular flexibility index (Phi) is 3.90. The van der Waals surface area contributed by atoms with Crippen molar-refractivity contribution in [3.05, 3.63) is 30.3 Å². The van der Waals surface area contributed by atoms with Crippen LogP contribution < -0.4 is 10.6 Å². The van der Waals surface area contributed by atoms with E-state index in [9.17, 15) is 4.79 Å². The van der Waals surface area contributed by atoms with Crippen LogP contribution in [0.25, 0.3) is 0 Å². The summed E-state index contributed by atoms with van der Waals surface area (Å²) >= 11 is 0. The second-order valence-electron chi connectivity index (χ2n) is 5.89. The molecule has 0 heterocycles. The van der Waals surface area contributed by atoms with E-state index in [0.29, 0.717) is 18.0 Å². The quantitative estimate of drug-likeness (QED) is 0.857. The minimum Gasteiger partial charge on any atom is -0.376 e. The molecular weight excluding hydrogens is 224 g/mol. The van der Waals surface area contributed by atoms with E-state index in [2.05, 4.69) is 24.5 Å². The van der Waals surface area contributed by atoms with E-state index in [-0.39, 0.29) is 5.91 Å². The van der Waals surface area contributed by atoms with Gasteiger partial charge in [0.2, 0.25) is 5.91 Å². The molecule has 3 nitrogen and oxygen atoms in total. The van der Waals surface area contributed by atoms with Crippen LogP contribution >= 0.6 is 0 Å². The molecule has 1 aliphatic carbocycles. The van der Waals surface area contributed by atoms with Gasteiger partial charge >= 0.3 is 0 Å². The Labute approximate surface area is 109 Å². The molecule has 0 aliphatic heterocycles. The second-order valence-corrected chi connectivity index (χ2v) is 5.89. The number of hydrogen-bond donors (Lipinski definition) is 2. The highest BCUT2D eigenvalue weighted by Gasteiger charge is 2.31. The van der Waals surface area contributed by atoms with Crippen LogP contribution in [-0.4, -0.2) is 18.5 Å². The maximum atomic E-state index is 11.8. The fraction of sp³-hybridized carbons (Fsp3) is 0.533. The van der Waals surface area contributed by atoms with Gasteiger partial charge < -0.3 is 10.6 Å². The molecule has 1 amide bonds. The van der Waals surface area contributed by atoms with E-state index in [0.717, 1.165) is 18.5 Å². The third kappa shape index (κ3) is 3.76. The standard InChI is InChI=1S/C15H22N2O/c1-15(2)9-8-13(10-15)17-14(18)11-16-12-6-4-3-5-7-12/h3-7,13,16H,8-11H2,1-2H3,(H,17,18). The highest BCUT2D eigenvalue weighted by atomic mass is 16.1. The summed E-state index contributed by atoms with van der Waals surface area (Å²) in [4.78, 5) is 11.8. The van der Waals surface area contributed by atoms with Crippen molar-refractivity contribution < 1.29 is 4.79 Å². The number of hydrogen-bond acceptors (Lipinski definition) is 2. The number of carbonyl (C=O) groups is 1. The molecule has 3 heteroatoms. The van der Waals surface area contributed by atoms with Crippen molar-refractivity contribution in [2.45, 2.75) is 39.2 Å². The summed E-state index contributed by atoms with van der Waals surface area (Å²) in [7, 11) is 0. The van der Waals surface area contributed by atoms with Crippen molar-refractivity contribution in [1.82, 2.24) is 5.32 Å². The maximum Gasteiger partial charge on any atom is 0.239 e. The van der Waals surface area contributed by atoms with Crippen LogP contribution in [0.4, 0.5) is 5.69 Å². The largest absolute Gasteiger partial charge is 0.376 e. The lowest BCUT2D eigenvalue weighted by Crippen LogP contribution is -2.37. The molecule has 1 fully saturated rings. The Bertz CT molecular complexity index is 400. The van der Waals surface area contributed by atoms with Crippen LogP contribution in [-0.2, 0) is 4.79 Å². The number of carbonyl (C=O) groups excluding carboxylic acids is 1. The van der Waals surface area contributed by atoms with Gasteiger partial charge in [-0.1, -0.05) is 32.0 Å². The predicted molar refractivity (Wildman–Crippen MR) is 74.5 cm³/mol. The minimum atomic E-state index is 0.0848. The fourth-order valence-electron chi connectivity index (χ4n) is 2.58. The van der Waals surface area contributed by atoms with E-state index in [1.54, 1.807) is 0 Å². The first-order valence-electron chi connectivity index (χ1n) is 6.63. The van der Waals surface area contributed by atoms with Gasteiger partial charge in [0, 0.05) is 11.7 Å². The summed E-state index contributed by atoms with van der Waals surface area (Å²) in [5.74, 6) is 0.0848. The zero-order chi connectivity index (χ0) is 13.0. The molecule has 0 radical (unpaired) electrons. The lowest BCUT2D eigenvalue weighted by atomic mass is 9.92. The average Bonchev–Trinajstić information content (AvgIpc) is 2.67. The Morgan fingerprint density at radius 2 is 2.06 bits per heavy atom. The average molecular weight is 246 g/mol. The van der Waals surface area contributed by atoms with Crippen LogP contribution in [0, 0.1) is 5.41 Å². The van der Waals surface area contributed by atoms with Gasteiger partial charge in [-0.05, 0) is 36.8 Å². The van der Waals surface area contributed by atoms with E-state index >= 15 is 0 Å². The molecular formula is C15H22N2O. The van der Waals surface area contributed by atoms with Crippen LogP contribution in [0.5, 0.6) is 0 Å². The molecule has 2 N–H and O–H groups in total. The molecule has 1 aromatic rings. The van der Waals surface area contributed by atoms with Crippen LogP contribution in [0.1, 0.15) is 33.1 Å². The number of rotatable bonds is 4. The lowest BCUT2D eigenvalue weighted by Gasteiger charge is -2.18. The van der Waals surface area contributed by atoms with Crippen molar-refractivity contribution in [3.63, 3.8) is 0 Å². The molecule has 0 saturated heterocycles. The normalized spacial score (nSPS) is 21.6. The monoisotopic (exact) mass is 246 g/mol. The Hall–Kier alpha value is -1.51. The summed E-state index contributed by atoms with van der Waals surface area (Å²) in [6.45, 7) is 4.88. The molecule has 1 aromatic carbocycles. The molecule has 1 aliphatic rings. The van der Waals surface area contributed by atoms with Crippen LogP contribution in [0.2, 0.25) is 0 Å². The van der Waals surface area contributed by atoms with Gasteiger partial charge in [-0.3, -0.25) is 4.79 Å². The van der Waals surface area contributed by atoms with E-state index in [4.69, 9.17) is 0 Å². The van der Waals surface area contributed by atoms with Gasteiger partial charge in [-0.2, -0.15) is 0 Å². The lowest BCUT2D eigenvalue weighted by molar-refractivity contribution is -0.120. The van der Waals surface area contributed by atoms with Crippen molar-refractivity contribution in [1.29, 1.82) is 0 Å². The maximum absolute atomic E-state index is 11.8.